The molecule has 2 aromatic heterocycles. The van der Waals surface area contributed by atoms with Crippen molar-refractivity contribution in [3.63, 3.8) is 0 Å². The van der Waals surface area contributed by atoms with E-state index in [4.69, 9.17) is 11.1 Å². The standard InChI is InChI=1S/C16H21N5/c1-4-21(10-13-5-7-19-8-6-13)14-9-11(2)20-12(3)15(14)16(17)18/h5-9H,4,10H2,1-3H3,(H3,17,18). The number of amidine groups is 1. The van der Waals surface area contributed by atoms with Gasteiger partial charge in [-0.05, 0) is 44.5 Å². The van der Waals surface area contributed by atoms with Crippen LogP contribution in [0.4, 0.5) is 5.69 Å². The molecule has 2 rings (SSSR count). The molecule has 0 saturated heterocycles. The smallest absolute Gasteiger partial charge is 0.126 e. The third kappa shape index (κ3) is 3.37. The Kier molecular flexibility index (Phi) is 4.52. The SMILES string of the molecule is CCN(Cc1ccncc1)c1cc(C)nc(C)c1C(=N)N. The van der Waals surface area contributed by atoms with E-state index < -0.39 is 0 Å². The molecule has 0 aliphatic carbocycles. The minimum Gasteiger partial charge on any atom is -0.384 e. The lowest BCUT2D eigenvalue weighted by molar-refractivity contribution is 0.824. The third-order valence-corrected chi connectivity index (χ3v) is 3.42. The van der Waals surface area contributed by atoms with Gasteiger partial charge in [0.25, 0.3) is 0 Å². The molecule has 0 spiro atoms. The van der Waals surface area contributed by atoms with Crippen molar-refractivity contribution < 1.29 is 0 Å². The van der Waals surface area contributed by atoms with Gasteiger partial charge in [-0.1, -0.05) is 0 Å². The van der Waals surface area contributed by atoms with Gasteiger partial charge < -0.3 is 10.6 Å². The number of nitrogens with one attached hydrogen (secondary N) is 1. The molecule has 5 nitrogen and oxygen atoms in total. The lowest BCUT2D eigenvalue weighted by Gasteiger charge is -2.26. The molecule has 0 aliphatic rings. The number of pyridine rings is 2. The number of nitrogens with zero attached hydrogens (tertiary/aromatic N) is 3. The molecule has 0 amide bonds. The first-order valence-electron chi connectivity index (χ1n) is 6.99. The molecule has 0 saturated carbocycles. The average Bonchev–Trinajstić information content (AvgIpc) is 2.44. The number of rotatable bonds is 5. The van der Waals surface area contributed by atoms with Crippen molar-refractivity contribution in [2.24, 2.45) is 5.73 Å². The number of nitrogen functional groups attached to an aromatic ring is 1. The Bertz CT molecular complexity index is 637. The first-order chi connectivity index (χ1) is 10.0. The summed E-state index contributed by atoms with van der Waals surface area (Å²) in [7, 11) is 0. The number of nitrogens with two attached hydrogens (primary N) is 1. The summed E-state index contributed by atoms with van der Waals surface area (Å²) in [6, 6.07) is 5.99. The first-order valence-corrected chi connectivity index (χ1v) is 6.99. The van der Waals surface area contributed by atoms with Crippen LogP contribution in [0.15, 0.2) is 30.6 Å². The van der Waals surface area contributed by atoms with E-state index >= 15 is 0 Å². The van der Waals surface area contributed by atoms with Crippen molar-refractivity contribution in [1.82, 2.24) is 9.97 Å². The molecule has 5 heteroatoms. The van der Waals surface area contributed by atoms with Crippen LogP contribution in [0.1, 0.15) is 29.4 Å². The minimum atomic E-state index is 0.0585. The van der Waals surface area contributed by atoms with Crippen LogP contribution in [0.25, 0.3) is 0 Å². The van der Waals surface area contributed by atoms with Crippen LogP contribution in [0.3, 0.4) is 0 Å². The molecular weight excluding hydrogens is 262 g/mol. The van der Waals surface area contributed by atoms with Gasteiger partial charge in [0.1, 0.15) is 5.84 Å². The summed E-state index contributed by atoms with van der Waals surface area (Å²) in [6.07, 6.45) is 3.58. The van der Waals surface area contributed by atoms with Crippen molar-refractivity contribution >= 4 is 11.5 Å². The molecule has 0 fully saturated rings. The average molecular weight is 283 g/mol. The van der Waals surface area contributed by atoms with E-state index in [1.807, 2.05) is 32.0 Å². The number of aryl methyl sites for hydroxylation is 2. The number of aromatic nitrogens is 2. The van der Waals surface area contributed by atoms with Crippen molar-refractivity contribution in [3.05, 3.63) is 53.1 Å². The Morgan fingerprint density at radius 3 is 2.52 bits per heavy atom. The summed E-state index contributed by atoms with van der Waals surface area (Å²) in [5.41, 5.74) is 10.3. The van der Waals surface area contributed by atoms with Gasteiger partial charge in [-0.2, -0.15) is 0 Å². The molecule has 0 atom stereocenters. The van der Waals surface area contributed by atoms with Crippen LogP contribution in [-0.4, -0.2) is 22.3 Å². The molecule has 0 bridgehead atoms. The van der Waals surface area contributed by atoms with Crippen molar-refractivity contribution in [2.75, 3.05) is 11.4 Å². The van der Waals surface area contributed by atoms with E-state index in [0.717, 1.165) is 35.7 Å². The van der Waals surface area contributed by atoms with Crippen LogP contribution in [-0.2, 0) is 6.54 Å². The van der Waals surface area contributed by atoms with Crippen molar-refractivity contribution in [1.29, 1.82) is 5.41 Å². The van der Waals surface area contributed by atoms with E-state index in [2.05, 4.69) is 21.8 Å². The number of anilines is 1. The van der Waals surface area contributed by atoms with Gasteiger partial charge in [0.05, 0.1) is 16.9 Å². The predicted molar refractivity (Wildman–Crippen MR) is 85.7 cm³/mol. The zero-order chi connectivity index (χ0) is 15.4. The van der Waals surface area contributed by atoms with Gasteiger partial charge in [0.15, 0.2) is 0 Å². The first kappa shape index (κ1) is 15.0. The highest BCUT2D eigenvalue weighted by Gasteiger charge is 2.16. The van der Waals surface area contributed by atoms with Crippen LogP contribution < -0.4 is 10.6 Å². The minimum absolute atomic E-state index is 0.0585. The molecule has 0 aromatic carbocycles. The Morgan fingerprint density at radius 2 is 1.95 bits per heavy atom. The zero-order valence-corrected chi connectivity index (χ0v) is 12.7. The lowest BCUT2D eigenvalue weighted by Crippen LogP contribution is -2.27. The summed E-state index contributed by atoms with van der Waals surface area (Å²) in [5.74, 6) is 0.0585. The maximum absolute atomic E-state index is 7.84. The summed E-state index contributed by atoms with van der Waals surface area (Å²) >= 11 is 0. The second kappa shape index (κ2) is 6.35. The molecule has 2 heterocycles. The van der Waals surface area contributed by atoms with E-state index in [0.29, 0.717) is 0 Å². The molecular formula is C16H21N5. The van der Waals surface area contributed by atoms with Gasteiger partial charge in [-0.25, -0.2) is 0 Å². The Hall–Kier alpha value is -2.43. The highest BCUT2D eigenvalue weighted by molar-refractivity contribution is 6.01. The van der Waals surface area contributed by atoms with Crippen molar-refractivity contribution in [2.45, 2.75) is 27.3 Å². The fourth-order valence-electron chi connectivity index (χ4n) is 2.47. The second-order valence-electron chi connectivity index (χ2n) is 5.03. The van der Waals surface area contributed by atoms with E-state index in [1.165, 1.54) is 5.56 Å². The third-order valence-electron chi connectivity index (χ3n) is 3.42. The molecule has 0 unspecified atom stereocenters. The molecule has 3 N–H and O–H groups in total. The molecule has 0 aliphatic heterocycles. The maximum Gasteiger partial charge on any atom is 0.126 e. The zero-order valence-electron chi connectivity index (χ0n) is 12.7. The highest BCUT2D eigenvalue weighted by Crippen LogP contribution is 2.25. The number of hydrogen-bond acceptors (Lipinski definition) is 4. The highest BCUT2D eigenvalue weighted by atomic mass is 15.1. The van der Waals surface area contributed by atoms with Gasteiger partial charge >= 0.3 is 0 Å². The van der Waals surface area contributed by atoms with Crippen LogP contribution in [0.2, 0.25) is 0 Å². The summed E-state index contributed by atoms with van der Waals surface area (Å²) < 4.78 is 0. The Labute approximate surface area is 125 Å². The van der Waals surface area contributed by atoms with Crippen LogP contribution in [0, 0.1) is 19.3 Å². The second-order valence-corrected chi connectivity index (χ2v) is 5.03. The van der Waals surface area contributed by atoms with Gasteiger partial charge in [-0.15, -0.1) is 0 Å². The van der Waals surface area contributed by atoms with E-state index in [1.54, 1.807) is 12.4 Å². The fraction of sp³-hybridized carbons (Fsp3) is 0.312. The van der Waals surface area contributed by atoms with Crippen LogP contribution in [0.5, 0.6) is 0 Å². The number of hydrogen-bond donors (Lipinski definition) is 2. The summed E-state index contributed by atoms with van der Waals surface area (Å²) in [5, 5.41) is 7.84. The Morgan fingerprint density at radius 1 is 1.29 bits per heavy atom. The largest absolute Gasteiger partial charge is 0.384 e. The van der Waals surface area contributed by atoms with Crippen LogP contribution >= 0.6 is 0 Å². The quantitative estimate of drug-likeness (QED) is 0.652. The topological polar surface area (TPSA) is 78.9 Å². The molecule has 21 heavy (non-hydrogen) atoms. The summed E-state index contributed by atoms with van der Waals surface area (Å²) in [6.45, 7) is 7.53. The predicted octanol–water partition coefficient (Wildman–Crippen LogP) is 2.40. The van der Waals surface area contributed by atoms with Crippen molar-refractivity contribution in [3.8, 4) is 0 Å². The Balaban J connectivity index is 2.44. The normalized spacial score (nSPS) is 10.4. The molecule has 110 valence electrons. The van der Waals surface area contributed by atoms with E-state index in [-0.39, 0.29) is 5.84 Å². The van der Waals surface area contributed by atoms with Gasteiger partial charge in [0.2, 0.25) is 0 Å². The molecule has 0 radical (unpaired) electrons. The molecule has 2 aromatic rings. The maximum atomic E-state index is 7.84. The van der Waals surface area contributed by atoms with Gasteiger partial charge in [0, 0.05) is 31.2 Å². The lowest BCUT2D eigenvalue weighted by atomic mass is 10.1. The summed E-state index contributed by atoms with van der Waals surface area (Å²) in [4.78, 5) is 10.7. The van der Waals surface area contributed by atoms with E-state index in [9.17, 15) is 0 Å². The van der Waals surface area contributed by atoms with Gasteiger partial charge in [-0.3, -0.25) is 15.4 Å². The monoisotopic (exact) mass is 283 g/mol. The fourth-order valence-corrected chi connectivity index (χ4v) is 2.47.